The molecule has 0 radical (unpaired) electrons. The molecule has 0 bridgehead atoms. The summed E-state index contributed by atoms with van der Waals surface area (Å²) in [4.78, 5) is 13.7. The van der Waals surface area contributed by atoms with Gasteiger partial charge in [-0.2, -0.15) is 5.26 Å². The van der Waals surface area contributed by atoms with Gasteiger partial charge in [0.1, 0.15) is 11.4 Å². The summed E-state index contributed by atoms with van der Waals surface area (Å²) in [6.45, 7) is 6.22. The highest BCUT2D eigenvalue weighted by Gasteiger charge is 2.38. The first kappa shape index (κ1) is 15.2. The fourth-order valence-corrected chi connectivity index (χ4v) is 2.50. The van der Waals surface area contributed by atoms with Gasteiger partial charge < -0.3 is 14.7 Å². The van der Waals surface area contributed by atoms with Crippen molar-refractivity contribution in [2.45, 2.75) is 32.3 Å². The molecule has 1 N–H and O–H groups in total. The quantitative estimate of drug-likeness (QED) is 0.862. The number of carbonyl (C=O) groups is 1. The third kappa shape index (κ3) is 3.66. The largest absolute Gasteiger partial charge is 0.508 e. The smallest absolute Gasteiger partial charge is 0.410 e. The van der Waals surface area contributed by atoms with Crippen molar-refractivity contribution in [2.75, 3.05) is 13.1 Å². The maximum Gasteiger partial charge on any atom is 0.410 e. The number of nitriles is 1. The predicted octanol–water partition coefficient (Wildman–Crippen LogP) is 2.87. The number of phenolic OH excluding ortho intramolecular Hbond substituents is 1. The molecule has 112 valence electrons. The molecule has 2 rings (SSSR count). The van der Waals surface area contributed by atoms with Gasteiger partial charge in [-0.15, -0.1) is 0 Å². The van der Waals surface area contributed by atoms with Gasteiger partial charge in [-0.05, 0) is 38.5 Å². The number of aromatic hydroxyl groups is 1. The molecule has 1 aromatic rings. The van der Waals surface area contributed by atoms with Crippen molar-refractivity contribution in [3.8, 4) is 11.8 Å². The van der Waals surface area contributed by atoms with Gasteiger partial charge in [-0.25, -0.2) is 4.79 Å². The molecule has 1 heterocycles. The van der Waals surface area contributed by atoms with Gasteiger partial charge in [-0.1, -0.05) is 12.1 Å². The minimum Gasteiger partial charge on any atom is -0.508 e. The summed E-state index contributed by atoms with van der Waals surface area (Å²) in [6, 6.07) is 9.10. The van der Waals surface area contributed by atoms with Gasteiger partial charge in [0.05, 0.1) is 12.0 Å². The van der Waals surface area contributed by atoms with E-state index in [-0.39, 0.29) is 17.6 Å². The van der Waals surface area contributed by atoms with Gasteiger partial charge in [0.25, 0.3) is 0 Å². The molecule has 1 saturated heterocycles. The number of benzene rings is 1. The van der Waals surface area contributed by atoms with Crippen LogP contribution in [0.2, 0.25) is 0 Å². The van der Waals surface area contributed by atoms with E-state index in [0.717, 1.165) is 5.56 Å². The molecule has 21 heavy (non-hydrogen) atoms. The molecule has 5 heteroatoms. The number of hydrogen-bond donors (Lipinski definition) is 1. The second kappa shape index (κ2) is 5.65. The van der Waals surface area contributed by atoms with Gasteiger partial charge in [-0.3, -0.25) is 0 Å². The molecule has 0 saturated carbocycles. The van der Waals surface area contributed by atoms with Crippen molar-refractivity contribution in [1.82, 2.24) is 4.90 Å². The van der Waals surface area contributed by atoms with Crippen molar-refractivity contribution in [1.29, 1.82) is 5.26 Å². The highest BCUT2D eigenvalue weighted by molar-refractivity contribution is 5.69. The highest BCUT2D eigenvalue weighted by atomic mass is 16.6. The van der Waals surface area contributed by atoms with Crippen molar-refractivity contribution >= 4 is 6.09 Å². The van der Waals surface area contributed by atoms with Crippen molar-refractivity contribution < 1.29 is 14.6 Å². The Morgan fingerprint density at radius 1 is 1.43 bits per heavy atom. The topological polar surface area (TPSA) is 73.6 Å². The summed E-state index contributed by atoms with van der Waals surface area (Å²) in [6.07, 6.45) is -0.398. The molecule has 0 spiro atoms. The van der Waals surface area contributed by atoms with Gasteiger partial charge in [0.15, 0.2) is 0 Å². The van der Waals surface area contributed by atoms with Gasteiger partial charge >= 0.3 is 6.09 Å². The Kier molecular flexibility index (Phi) is 4.08. The first-order chi connectivity index (χ1) is 9.80. The minimum atomic E-state index is -0.553. The van der Waals surface area contributed by atoms with E-state index in [2.05, 4.69) is 6.07 Å². The van der Waals surface area contributed by atoms with Crippen LogP contribution in [0.25, 0.3) is 0 Å². The average molecular weight is 288 g/mol. The van der Waals surface area contributed by atoms with Crippen LogP contribution in [0.5, 0.6) is 5.75 Å². The second-order valence-corrected chi connectivity index (χ2v) is 6.32. The molecule has 5 nitrogen and oxygen atoms in total. The first-order valence-corrected chi connectivity index (χ1v) is 6.96. The molecular formula is C16H20N2O3. The number of likely N-dealkylation sites (tertiary alicyclic amines) is 1. The van der Waals surface area contributed by atoms with Crippen LogP contribution in [-0.4, -0.2) is 34.8 Å². The van der Waals surface area contributed by atoms with E-state index in [0.29, 0.717) is 13.1 Å². The standard InChI is InChI=1S/C16H20N2O3/c1-16(2,3)21-15(20)18-9-12(8-17)14(10-18)11-5-4-6-13(19)7-11/h4-7,12,14,19H,9-10H2,1-3H3. The maximum absolute atomic E-state index is 12.1. The Morgan fingerprint density at radius 2 is 2.14 bits per heavy atom. The monoisotopic (exact) mass is 288 g/mol. The van der Waals surface area contributed by atoms with Crippen LogP contribution < -0.4 is 0 Å². The number of carbonyl (C=O) groups excluding carboxylic acids is 1. The van der Waals surface area contributed by atoms with E-state index in [4.69, 9.17) is 4.74 Å². The van der Waals surface area contributed by atoms with E-state index in [1.165, 1.54) is 0 Å². The lowest BCUT2D eigenvalue weighted by atomic mass is 9.90. The fourth-order valence-electron chi connectivity index (χ4n) is 2.50. The lowest BCUT2D eigenvalue weighted by Gasteiger charge is -2.24. The molecule has 0 aliphatic carbocycles. The van der Waals surface area contributed by atoms with Crippen molar-refractivity contribution in [3.63, 3.8) is 0 Å². The zero-order valence-electron chi connectivity index (χ0n) is 12.5. The minimum absolute atomic E-state index is 0.102. The number of rotatable bonds is 1. The Hall–Kier alpha value is -2.22. The van der Waals surface area contributed by atoms with Crippen LogP contribution in [-0.2, 0) is 4.74 Å². The first-order valence-electron chi connectivity index (χ1n) is 6.96. The van der Waals surface area contributed by atoms with E-state index >= 15 is 0 Å². The molecule has 2 atom stereocenters. The Bertz CT molecular complexity index is 572. The van der Waals surface area contributed by atoms with E-state index in [1.807, 2.05) is 26.8 Å². The zero-order chi connectivity index (χ0) is 15.6. The molecule has 2 unspecified atom stereocenters. The van der Waals surface area contributed by atoms with Crippen LogP contribution in [0.15, 0.2) is 24.3 Å². The summed E-state index contributed by atoms with van der Waals surface area (Å²) in [5.41, 5.74) is 0.315. The zero-order valence-corrected chi connectivity index (χ0v) is 12.5. The summed E-state index contributed by atoms with van der Waals surface area (Å²) >= 11 is 0. The fraction of sp³-hybridized carbons (Fsp3) is 0.500. The van der Waals surface area contributed by atoms with E-state index in [1.54, 1.807) is 23.1 Å². The number of phenols is 1. The summed E-state index contributed by atoms with van der Waals surface area (Å²) in [5.74, 6) is -0.228. The SMILES string of the molecule is CC(C)(C)OC(=O)N1CC(C#N)C(c2cccc(O)c2)C1. The molecule has 1 amide bonds. The van der Waals surface area contributed by atoms with Crippen LogP contribution in [0.4, 0.5) is 4.79 Å². The summed E-state index contributed by atoms with van der Waals surface area (Å²) < 4.78 is 5.35. The van der Waals surface area contributed by atoms with Crippen LogP contribution >= 0.6 is 0 Å². The van der Waals surface area contributed by atoms with Crippen LogP contribution in [0, 0.1) is 17.2 Å². The van der Waals surface area contributed by atoms with Gasteiger partial charge in [0, 0.05) is 19.0 Å². The van der Waals surface area contributed by atoms with Crippen molar-refractivity contribution in [3.05, 3.63) is 29.8 Å². The van der Waals surface area contributed by atoms with Crippen molar-refractivity contribution in [2.24, 2.45) is 5.92 Å². The lowest BCUT2D eigenvalue weighted by Crippen LogP contribution is -2.35. The number of ether oxygens (including phenoxy) is 1. The van der Waals surface area contributed by atoms with Gasteiger partial charge in [0.2, 0.25) is 0 Å². The molecule has 1 aromatic carbocycles. The predicted molar refractivity (Wildman–Crippen MR) is 77.8 cm³/mol. The van der Waals surface area contributed by atoms with Crippen LogP contribution in [0.3, 0.4) is 0 Å². The molecular weight excluding hydrogens is 268 g/mol. The summed E-state index contributed by atoms with van der Waals surface area (Å²) in [5, 5.41) is 18.9. The Morgan fingerprint density at radius 3 is 2.71 bits per heavy atom. The normalized spacial score (nSPS) is 21.9. The molecule has 0 aromatic heterocycles. The number of hydrogen-bond acceptors (Lipinski definition) is 4. The average Bonchev–Trinajstić information content (AvgIpc) is 2.81. The highest BCUT2D eigenvalue weighted by Crippen LogP contribution is 2.34. The summed E-state index contributed by atoms with van der Waals surface area (Å²) in [7, 11) is 0. The van der Waals surface area contributed by atoms with Crippen LogP contribution in [0.1, 0.15) is 32.3 Å². The maximum atomic E-state index is 12.1. The second-order valence-electron chi connectivity index (χ2n) is 6.32. The number of amides is 1. The molecule has 1 aliphatic heterocycles. The molecule has 1 fully saturated rings. The Labute approximate surface area is 124 Å². The Balaban J connectivity index is 2.15. The lowest BCUT2D eigenvalue weighted by molar-refractivity contribution is 0.0289. The number of nitrogens with zero attached hydrogens (tertiary/aromatic N) is 2. The third-order valence-electron chi connectivity index (χ3n) is 3.44. The van der Waals surface area contributed by atoms with E-state index in [9.17, 15) is 15.2 Å². The third-order valence-corrected chi connectivity index (χ3v) is 3.44. The van der Waals surface area contributed by atoms with E-state index < -0.39 is 11.7 Å². The molecule has 1 aliphatic rings.